The van der Waals surface area contributed by atoms with Crippen molar-refractivity contribution in [1.29, 1.82) is 0 Å². The van der Waals surface area contributed by atoms with Gasteiger partial charge in [0.25, 0.3) is 5.91 Å². The molecule has 1 heterocycles. The van der Waals surface area contributed by atoms with Crippen molar-refractivity contribution in [2.75, 3.05) is 13.7 Å². The first kappa shape index (κ1) is 15.3. The lowest BCUT2D eigenvalue weighted by Gasteiger charge is -2.28. The van der Waals surface area contributed by atoms with Crippen LogP contribution in [0.25, 0.3) is 0 Å². The van der Waals surface area contributed by atoms with Gasteiger partial charge in [-0.25, -0.2) is 0 Å². The summed E-state index contributed by atoms with van der Waals surface area (Å²) in [6, 6.07) is 0. The van der Waals surface area contributed by atoms with Crippen LogP contribution in [-0.2, 0) is 20.9 Å². The zero-order valence-corrected chi connectivity index (χ0v) is 14.4. The fourth-order valence-electron chi connectivity index (χ4n) is 4.98. The van der Waals surface area contributed by atoms with Crippen LogP contribution in [0.3, 0.4) is 0 Å². The van der Waals surface area contributed by atoms with Crippen molar-refractivity contribution in [2.45, 2.75) is 39.2 Å². The van der Waals surface area contributed by atoms with Crippen LogP contribution in [-0.4, -0.2) is 30.0 Å². The largest absolute Gasteiger partial charge is 0.383 e. The predicted octanol–water partition coefficient (Wildman–Crippen LogP) is 1.94. The molecule has 5 nitrogen and oxygen atoms in total. The van der Waals surface area contributed by atoms with E-state index in [1.807, 2.05) is 17.7 Å². The van der Waals surface area contributed by atoms with Crippen LogP contribution < -0.4 is 4.80 Å². The number of hydrogen-bond acceptors (Lipinski definition) is 4. The first-order valence-corrected chi connectivity index (χ1v) is 9.14. The highest BCUT2D eigenvalue weighted by molar-refractivity contribution is 7.09. The van der Waals surface area contributed by atoms with E-state index in [2.05, 4.69) is 4.99 Å². The minimum absolute atomic E-state index is 0.0593. The van der Waals surface area contributed by atoms with Crippen LogP contribution in [0.5, 0.6) is 0 Å². The standard InChI is InChI=1S/C17H22N2O3S/c1-10-9-19(3-4-22-2)16(23-10)18-15(21)17-7-11-5-12(8-17)14(20)13(17)6-11/h9,11-13H,3-8H2,1-2H3/b18-16-. The van der Waals surface area contributed by atoms with E-state index in [4.69, 9.17) is 4.74 Å². The molecule has 23 heavy (non-hydrogen) atoms. The maximum atomic E-state index is 13.0. The number of nitrogens with zero attached hydrogens (tertiary/aromatic N) is 2. The van der Waals surface area contributed by atoms with Crippen molar-refractivity contribution >= 4 is 23.0 Å². The van der Waals surface area contributed by atoms with Crippen LogP contribution in [0.4, 0.5) is 0 Å². The lowest BCUT2D eigenvalue weighted by atomic mass is 9.75. The van der Waals surface area contributed by atoms with Gasteiger partial charge in [0.05, 0.1) is 12.0 Å². The first-order chi connectivity index (χ1) is 11.0. The Balaban J connectivity index is 1.67. The Bertz CT molecular complexity index is 734. The molecular weight excluding hydrogens is 312 g/mol. The van der Waals surface area contributed by atoms with Crippen LogP contribution >= 0.6 is 11.3 Å². The number of ketones is 1. The number of carbonyl (C=O) groups is 2. The number of thiazole rings is 1. The van der Waals surface area contributed by atoms with E-state index in [0.29, 0.717) is 24.9 Å². The summed E-state index contributed by atoms with van der Waals surface area (Å²) in [7, 11) is 1.67. The molecule has 0 N–H and O–H groups in total. The van der Waals surface area contributed by atoms with E-state index in [-0.39, 0.29) is 17.7 Å². The van der Waals surface area contributed by atoms with E-state index in [1.54, 1.807) is 7.11 Å². The molecule has 124 valence electrons. The molecule has 0 spiro atoms. The van der Waals surface area contributed by atoms with E-state index < -0.39 is 5.41 Å². The molecule has 6 heteroatoms. The molecule has 4 aliphatic carbocycles. The zero-order valence-electron chi connectivity index (χ0n) is 13.6. The summed E-state index contributed by atoms with van der Waals surface area (Å²) in [5, 5.41) is 0. The molecule has 4 aliphatic rings. The Morgan fingerprint density at radius 2 is 2.30 bits per heavy atom. The minimum atomic E-state index is -0.484. The van der Waals surface area contributed by atoms with Crippen molar-refractivity contribution in [3.63, 3.8) is 0 Å². The molecule has 5 rings (SSSR count). The van der Waals surface area contributed by atoms with E-state index in [9.17, 15) is 9.59 Å². The Morgan fingerprint density at radius 3 is 3.09 bits per heavy atom. The second kappa shape index (κ2) is 5.38. The second-order valence-electron chi connectivity index (χ2n) is 7.28. The smallest absolute Gasteiger partial charge is 0.255 e. The molecule has 0 radical (unpaired) electrons. The predicted molar refractivity (Wildman–Crippen MR) is 85.9 cm³/mol. The van der Waals surface area contributed by atoms with Gasteiger partial charge in [-0.1, -0.05) is 0 Å². The normalized spacial score (nSPS) is 35.5. The highest BCUT2D eigenvalue weighted by Gasteiger charge is 2.65. The third-order valence-electron chi connectivity index (χ3n) is 5.86. The van der Waals surface area contributed by atoms with Crippen LogP contribution in [0.15, 0.2) is 11.2 Å². The summed E-state index contributed by atoms with van der Waals surface area (Å²) in [4.78, 5) is 31.7. The Hall–Kier alpha value is -1.27. The van der Waals surface area contributed by atoms with Gasteiger partial charge in [-0.3, -0.25) is 9.59 Å². The molecule has 1 aromatic rings. The van der Waals surface area contributed by atoms with Crippen molar-refractivity contribution in [1.82, 2.24) is 4.57 Å². The summed E-state index contributed by atoms with van der Waals surface area (Å²) in [6.45, 7) is 3.30. The van der Waals surface area contributed by atoms with Crippen LogP contribution in [0, 0.1) is 30.1 Å². The number of aromatic nitrogens is 1. The molecule has 4 unspecified atom stereocenters. The lowest BCUT2D eigenvalue weighted by molar-refractivity contribution is -0.132. The number of methoxy groups -OCH3 is 1. The Labute approximate surface area is 139 Å². The number of ether oxygens (including phenoxy) is 1. The van der Waals surface area contributed by atoms with Gasteiger partial charge in [0.2, 0.25) is 0 Å². The van der Waals surface area contributed by atoms with E-state index >= 15 is 0 Å². The number of Topliss-reactive ketones (excluding diaryl/α,β-unsaturated/α-hetero) is 1. The minimum Gasteiger partial charge on any atom is -0.383 e. The summed E-state index contributed by atoms with van der Waals surface area (Å²) in [5.41, 5.74) is -0.484. The lowest BCUT2D eigenvalue weighted by Crippen LogP contribution is -2.33. The highest BCUT2D eigenvalue weighted by Crippen LogP contribution is 2.64. The molecule has 0 aliphatic heterocycles. The fraction of sp³-hybridized carbons (Fsp3) is 0.706. The van der Waals surface area contributed by atoms with Crippen LogP contribution in [0.2, 0.25) is 0 Å². The average Bonchev–Trinajstić information content (AvgIpc) is 3.06. The fourth-order valence-corrected chi connectivity index (χ4v) is 5.84. The van der Waals surface area contributed by atoms with Gasteiger partial charge in [-0.15, -0.1) is 11.3 Å². The van der Waals surface area contributed by atoms with E-state index in [0.717, 1.165) is 35.4 Å². The molecule has 0 aromatic carbocycles. The van der Waals surface area contributed by atoms with Crippen molar-refractivity contribution < 1.29 is 14.3 Å². The van der Waals surface area contributed by atoms with Crippen LogP contribution in [0.1, 0.15) is 30.6 Å². The SMILES string of the molecule is COCCn1cc(C)s/c1=N\C(=O)C12CC3CC(C1)C(=O)C2C3. The molecule has 1 aromatic heterocycles. The van der Waals surface area contributed by atoms with Gasteiger partial charge in [0.15, 0.2) is 4.80 Å². The summed E-state index contributed by atoms with van der Waals surface area (Å²) in [5.74, 6) is 0.889. The maximum absolute atomic E-state index is 13.0. The van der Waals surface area contributed by atoms with Gasteiger partial charge < -0.3 is 9.30 Å². The number of aryl methyl sites for hydroxylation is 1. The molecular formula is C17H22N2O3S. The number of rotatable bonds is 4. The molecule has 1 amide bonds. The third kappa shape index (κ3) is 2.26. The van der Waals surface area contributed by atoms with Gasteiger partial charge in [-0.05, 0) is 38.5 Å². The number of amides is 1. The average molecular weight is 334 g/mol. The summed E-state index contributed by atoms with van der Waals surface area (Å²) < 4.78 is 7.11. The Morgan fingerprint density at radius 1 is 1.48 bits per heavy atom. The number of carbonyl (C=O) groups excluding carboxylic acids is 2. The second-order valence-corrected chi connectivity index (χ2v) is 8.49. The third-order valence-corrected chi connectivity index (χ3v) is 6.79. The van der Waals surface area contributed by atoms with Crippen molar-refractivity contribution in [3.05, 3.63) is 15.9 Å². The molecule has 4 fully saturated rings. The Kier molecular flexibility index (Phi) is 3.57. The summed E-state index contributed by atoms with van der Waals surface area (Å²) in [6.07, 6.45) is 5.51. The van der Waals surface area contributed by atoms with E-state index in [1.165, 1.54) is 11.3 Å². The van der Waals surface area contributed by atoms with Crippen molar-refractivity contribution in [2.24, 2.45) is 28.2 Å². The summed E-state index contributed by atoms with van der Waals surface area (Å²) >= 11 is 1.53. The van der Waals surface area contributed by atoms with Gasteiger partial charge in [0, 0.05) is 36.6 Å². The first-order valence-electron chi connectivity index (χ1n) is 8.32. The molecule has 4 atom stereocenters. The maximum Gasteiger partial charge on any atom is 0.255 e. The van der Waals surface area contributed by atoms with Gasteiger partial charge >= 0.3 is 0 Å². The highest BCUT2D eigenvalue weighted by atomic mass is 32.1. The molecule has 0 saturated heterocycles. The van der Waals surface area contributed by atoms with Crippen molar-refractivity contribution in [3.8, 4) is 0 Å². The van der Waals surface area contributed by atoms with Gasteiger partial charge in [-0.2, -0.15) is 4.99 Å². The molecule has 4 bridgehead atoms. The zero-order chi connectivity index (χ0) is 16.2. The van der Waals surface area contributed by atoms with Gasteiger partial charge in [0.1, 0.15) is 5.78 Å². The quantitative estimate of drug-likeness (QED) is 0.845. The molecule has 4 saturated carbocycles. The monoisotopic (exact) mass is 334 g/mol. The topological polar surface area (TPSA) is 60.7 Å². The number of hydrogen-bond donors (Lipinski definition) is 0.